The highest BCUT2D eigenvalue weighted by molar-refractivity contribution is 6.02. The molecule has 24 heavy (non-hydrogen) atoms. The van der Waals surface area contributed by atoms with E-state index in [1.165, 1.54) is 0 Å². The molecule has 2 nitrogen and oxygen atoms in total. The van der Waals surface area contributed by atoms with Gasteiger partial charge < -0.3 is 0 Å². The minimum Gasteiger partial charge on any atom is -0.299 e. The van der Waals surface area contributed by atoms with Crippen molar-refractivity contribution in [1.29, 1.82) is 0 Å². The number of Topliss-reactive ketones (excluding diaryl/α,β-unsaturated/α-hetero) is 1. The molecule has 2 heteroatoms. The Morgan fingerprint density at radius 1 is 1.33 bits per heavy atom. The third-order valence-corrected chi connectivity index (χ3v) is 7.40. The second kappa shape index (κ2) is 5.06. The SMILES string of the molecule is C#CC[C@]12C=CC(=O)C=C1C(=C)C[C@H]1[C@@H]3CCC(=O)[C@@]3(C)CC[C@@H]12. The molecule has 0 aromatic carbocycles. The molecule has 0 aromatic heterocycles. The van der Waals surface area contributed by atoms with E-state index in [9.17, 15) is 9.59 Å². The van der Waals surface area contributed by atoms with E-state index in [4.69, 9.17) is 6.42 Å². The summed E-state index contributed by atoms with van der Waals surface area (Å²) >= 11 is 0. The van der Waals surface area contributed by atoms with E-state index in [0.717, 1.165) is 43.3 Å². The zero-order valence-corrected chi connectivity index (χ0v) is 14.3. The van der Waals surface area contributed by atoms with Gasteiger partial charge in [0, 0.05) is 23.7 Å². The molecule has 5 atom stereocenters. The Balaban J connectivity index is 1.82. The highest BCUT2D eigenvalue weighted by atomic mass is 16.1. The summed E-state index contributed by atoms with van der Waals surface area (Å²) in [5.41, 5.74) is 1.69. The van der Waals surface area contributed by atoms with Crippen LogP contribution in [-0.2, 0) is 9.59 Å². The van der Waals surface area contributed by atoms with E-state index in [1.807, 2.05) is 0 Å². The van der Waals surface area contributed by atoms with Crippen LogP contribution in [0.15, 0.2) is 36.0 Å². The molecule has 0 aromatic rings. The maximum Gasteiger partial charge on any atom is 0.178 e. The fraction of sp³-hybridized carbons (Fsp3) is 0.545. The van der Waals surface area contributed by atoms with Crippen molar-refractivity contribution in [3.63, 3.8) is 0 Å². The van der Waals surface area contributed by atoms with E-state index < -0.39 is 0 Å². The monoisotopic (exact) mass is 320 g/mol. The molecule has 0 aliphatic heterocycles. The van der Waals surface area contributed by atoms with Gasteiger partial charge in [0.15, 0.2) is 5.78 Å². The van der Waals surface area contributed by atoms with Crippen LogP contribution in [0.2, 0.25) is 0 Å². The molecule has 3 fully saturated rings. The quantitative estimate of drug-likeness (QED) is 0.684. The Bertz CT molecular complexity index is 746. The first-order valence-corrected chi connectivity index (χ1v) is 9.03. The largest absolute Gasteiger partial charge is 0.299 e. The van der Waals surface area contributed by atoms with Crippen molar-refractivity contribution in [3.05, 3.63) is 36.0 Å². The summed E-state index contributed by atoms with van der Waals surface area (Å²) in [4.78, 5) is 24.4. The summed E-state index contributed by atoms with van der Waals surface area (Å²) in [5.74, 6) is 4.64. The summed E-state index contributed by atoms with van der Waals surface area (Å²) < 4.78 is 0. The summed E-state index contributed by atoms with van der Waals surface area (Å²) in [7, 11) is 0. The van der Waals surface area contributed by atoms with Gasteiger partial charge in [0.2, 0.25) is 0 Å². The fourth-order valence-corrected chi connectivity index (χ4v) is 6.23. The van der Waals surface area contributed by atoms with Crippen LogP contribution in [-0.4, -0.2) is 11.6 Å². The Hall–Kier alpha value is -1.88. The number of terminal acetylenes is 1. The maximum absolute atomic E-state index is 12.5. The predicted octanol–water partition coefficient (Wildman–Crippen LogP) is 4.03. The number of rotatable bonds is 1. The molecule has 0 amide bonds. The number of fused-ring (bicyclic) bond motifs is 5. The number of hydrogen-bond donors (Lipinski definition) is 0. The van der Waals surface area contributed by atoms with Crippen LogP contribution in [0.25, 0.3) is 0 Å². The Morgan fingerprint density at radius 3 is 2.88 bits per heavy atom. The average Bonchev–Trinajstić information content (AvgIpc) is 2.85. The Morgan fingerprint density at radius 2 is 2.12 bits per heavy atom. The first-order chi connectivity index (χ1) is 11.4. The molecule has 0 unspecified atom stereocenters. The molecule has 0 bridgehead atoms. The lowest BCUT2D eigenvalue weighted by Crippen LogP contribution is -2.51. The van der Waals surface area contributed by atoms with Crippen molar-refractivity contribution in [1.82, 2.24) is 0 Å². The standard InChI is InChI=1S/C22H24O2/c1-4-9-22-11-7-15(23)13-19(22)14(2)12-16-17-5-6-20(24)21(17,3)10-8-18(16)22/h1,7,11,13,16-18H,2,5-6,8-10,12H2,3H3/t16-,17-,18-,21-,22+/m0/s1. The van der Waals surface area contributed by atoms with Crippen molar-refractivity contribution in [2.75, 3.05) is 0 Å². The smallest absolute Gasteiger partial charge is 0.178 e. The van der Waals surface area contributed by atoms with Gasteiger partial charge in [-0.05, 0) is 61.2 Å². The van der Waals surface area contributed by atoms with Gasteiger partial charge in [-0.1, -0.05) is 25.2 Å². The van der Waals surface area contributed by atoms with Crippen LogP contribution in [0.1, 0.15) is 45.4 Å². The summed E-state index contributed by atoms with van der Waals surface area (Å²) in [6, 6.07) is 0. The first-order valence-electron chi connectivity index (χ1n) is 9.03. The van der Waals surface area contributed by atoms with Crippen LogP contribution in [0.5, 0.6) is 0 Å². The molecule has 4 aliphatic rings. The van der Waals surface area contributed by atoms with Crippen LogP contribution >= 0.6 is 0 Å². The second-order valence-corrected chi connectivity index (χ2v) is 8.32. The maximum atomic E-state index is 12.5. The van der Waals surface area contributed by atoms with Gasteiger partial charge in [-0.25, -0.2) is 0 Å². The number of carbonyl (C=O) groups excluding carboxylic acids is 2. The molecule has 4 aliphatic carbocycles. The predicted molar refractivity (Wildman–Crippen MR) is 93.9 cm³/mol. The molecule has 0 heterocycles. The number of allylic oxidation sites excluding steroid dienone is 5. The van der Waals surface area contributed by atoms with Crippen LogP contribution in [0, 0.1) is 40.9 Å². The second-order valence-electron chi connectivity index (χ2n) is 8.32. The van der Waals surface area contributed by atoms with Crippen molar-refractivity contribution >= 4 is 11.6 Å². The van der Waals surface area contributed by atoms with E-state index in [2.05, 4.69) is 25.5 Å². The van der Waals surface area contributed by atoms with E-state index >= 15 is 0 Å². The van der Waals surface area contributed by atoms with Gasteiger partial charge in [0.25, 0.3) is 0 Å². The first kappa shape index (κ1) is 15.6. The lowest BCUT2D eigenvalue weighted by atomic mass is 9.46. The number of carbonyl (C=O) groups is 2. The van der Waals surface area contributed by atoms with Crippen LogP contribution in [0.4, 0.5) is 0 Å². The lowest BCUT2D eigenvalue weighted by Gasteiger charge is -2.56. The Labute approximate surface area is 144 Å². The van der Waals surface area contributed by atoms with Crippen LogP contribution < -0.4 is 0 Å². The van der Waals surface area contributed by atoms with Crippen LogP contribution in [0.3, 0.4) is 0 Å². The molecular formula is C22H24O2. The molecule has 0 saturated heterocycles. The normalized spacial score (nSPS) is 43.6. The molecule has 4 rings (SSSR count). The van der Waals surface area contributed by atoms with Gasteiger partial charge in [0.1, 0.15) is 5.78 Å². The van der Waals surface area contributed by atoms with E-state index in [1.54, 1.807) is 12.2 Å². The average molecular weight is 320 g/mol. The van der Waals surface area contributed by atoms with E-state index in [-0.39, 0.29) is 16.6 Å². The van der Waals surface area contributed by atoms with Gasteiger partial charge in [-0.3, -0.25) is 9.59 Å². The lowest BCUT2D eigenvalue weighted by molar-refractivity contribution is -0.131. The third kappa shape index (κ3) is 1.85. The topological polar surface area (TPSA) is 34.1 Å². The molecule has 3 saturated carbocycles. The van der Waals surface area contributed by atoms with Gasteiger partial charge in [-0.2, -0.15) is 0 Å². The van der Waals surface area contributed by atoms with Gasteiger partial charge in [0.05, 0.1) is 0 Å². The highest BCUT2D eigenvalue weighted by Gasteiger charge is 2.60. The van der Waals surface area contributed by atoms with Crippen molar-refractivity contribution in [3.8, 4) is 12.3 Å². The highest BCUT2D eigenvalue weighted by Crippen LogP contribution is 2.65. The third-order valence-electron chi connectivity index (χ3n) is 7.40. The molecular weight excluding hydrogens is 296 g/mol. The Kier molecular flexibility index (Phi) is 3.29. The van der Waals surface area contributed by atoms with Crippen molar-refractivity contribution in [2.45, 2.75) is 45.4 Å². The fourth-order valence-electron chi connectivity index (χ4n) is 6.23. The van der Waals surface area contributed by atoms with E-state index in [0.29, 0.717) is 30.0 Å². The summed E-state index contributed by atoms with van der Waals surface area (Å²) in [6.07, 6.45) is 16.4. The zero-order chi connectivity index (χ0) is 17.1. The zero-order valence-electron chi connectivity index (χ0n) is 14.3. The minimum absolute atomic E-state index is 0.0361. The molecule has 0 spiro atoms. The minimum atomic E-state index is -0.254. The molecule has 124 valence electrons. The van der Waals surface area contributed by atoms with Crippen molar-refractivity contribution < 1.29 is 9.59 Å². The summed E-state index contributed by atoms with van der Waals surface area (Å²) in [6.45, 7) is 6.47. The number of ketones is 2. The number of hydrogen-bond acceptors (Lipinski definition) is 2. The molecule has 0 radical (unpaired) electrons. The summed E-state index contributed by atoms with van der Waals surface area (Å²) in [5, 5.41) is 0. The van der Waals surface area contributed by atoms with Crippen molar-refractivity contribution in [2.24, 2.45) is 28.6 Å². The van der Waals surface area contributed by atoms with Gasteiger partial charge >= 0.3 is 0 Å². The molecule has 0 N–H and O–H groups in total. The van der Waals surface area contributed by atoms with Gasteiger partial charge in [-0.15, -0.1) is 12.3 Å².